The SMILES string of the molecule is CCCCN(CCCC)C(=O)C=CC(=O)O. The third-order valence-electron chi connectivity index (χ3n) is 2.24. The van der Waals surface area contributed by atoms with E-state index in [9.17, 15) is 9.59 Å². The number of carboxylic acids is 1. The topological polar surface area (TPSA) is 57.6 Å². The molecule has 16 heavy (non-hydrogen) atoms. The molecule has 4 nitrogen and oxygen atoms in total. The summed E-state index contributed by atoms with van der Waals surface area (Å²) in [4.78, 5) is 23.6. The molecule has 0 aliphatic rings. The van der Waals surface area contributed by atoms with Gasteiger partial charge in [0.15, 0.2) is 0 Å². The Labute approximate surface area is 96.9 Å². The smallest absolute Gasteiger partial charge is 0.328 e. The third kappa shape index (κ3) is 7.04. The van der Waals surface area contributed by atoms with Crippen molar-refractivity contribution in [1.29, 1.82) is 0 Å². The average molecular weight is 227 g/mol. The van der Waals surface area contributed by atoms with Gasteiger partial charge >= 0.3 is 5.97 Å². The summed E-state index contributed by atoms with van der Waals surface area (Å²) in [5, 5.41) is 8.44. The van der Waals surface area contributed by atoms with Crippen LogP contribution < -0.4 is 0 Å². The normalized spacial score (nSPS) is 10.6. The Hall–Kier alpha value is -1.32. The molecule has 0 heterocycles. The van der Waals surface area contributed by atoms with Gasteiger partial charge in [-0.2, -0.15) is 0 Å². The minimum atomic E-state index is -1.08. The van der Waals surface area contributed by atoms with Crippen molar-refractivity contribution in [2.24, 2.45) is 0 Å². The molecule has 0 aromatic carbocycles. The molecule has 0 aliphatic carbocycles. The first-order chi connectivity index (χ1) is 7.61. The highest BCUT2D eigenvalue weighted by atomic mass is 16.4. The monoisotopic (exact) mass is 227 g/mol. The van der Waals surface area contributed by atoms with Crippen molar-refractivity contribution in [2.75, 3.05) is 13.1 Å². The molecule has 0 fully saturated rings. The van der Waals surface area contributed by atoms with E-state index in [-0.39, 0.29) is 5.91 Å². The van der Waals surface area contributed by atoms with Crippen LogP contribution in [0.15, 0.2) is 12.2 Å². The highest BCUT2D eigenvalue weighted by molar-refractivity contribution is 5.93. The molecule has 92 valence electrons. The van der Waals surface area contributed by atoms with Crippen LogP contribution in [0.1, 0.15) is 39.5 Å². The van der Waals surface area contributed by atoms with Gasteiger partial charge in [0.05, 0.1) is 0 Å². The Kier molecular flexibility index (Phi) is 8.21. The lowest BCUT2D eigenvalue weighted by atomic mass is 10.2. The molecule has 0 bridgehead atoms. The fourth-order valence-electron chi connectivity index (χ4n) is 1.28. The van der Waals surface area contributed by atoms with Crippen molar-refractivity contribution in [1.82, 2.24) is 4.90 Å². The summed E-state index contributed by atoms with van der Waals surface area (Å²) in [5.74, 6) is -1.29. The molecule has 0 aromatic heterocycles. The van der Waals surface area contributed by atoms with Crippen molar-refractivity contribution < 1.29 is 14.7 Å². The highest BCUT2D eigenvalue weighted by Gasteiger charge is 2.09. The zero-order chi connectivity index (χ0) is 12.4. The van der Waals surface area contributed by atoms with E-state index >= 15 is 0 Å². The van der Waals surface area contributed by atoms with Crippen LogP contribution in [0.4, 0.5) is 0 Å². The minimum Gasteiger partial charge on any atom is -0.478 e. The van der Waals surface area contributed by atoms with E-state index in [1.165, 1.54) is 0 Å². The zero-order valence-electron chi connectivity index (χ0n) is 10.1. The molecule has 0 rings (SSSR count). The van der Waals surface area contributed by atoms with Gasteiger partial charge in [-0.15, -0.1) is 0 Å². The largest absolute Gasteiger partial charge is 0.478 e. The predicted molar refractivity (Wildman–Crippen MR) is 63.2 cm³/mol. The van der Waals surface area contributed by atoms with Crippen molar-refractivity contribution in [2.45, 2.75) is 39.5 Å². The molecule has 1 amide bonds. The van der Waals surface area contributed by atoms with E-state index < -0.39 is 5.97 Å². The summed E-state index contributed by atoms with van der Waals surface area (Å²) < 4.78 is 0. The maximum absolute atomic E-state index is 11.6. The van der Waals surface area contributed by atoms with Crippen LogP contribution in [0.25, 0.3) is 0 Å². The quantitative estimate of drug-likeness (QED) is 0.646. The van der Waals surface area contributed by atoms with Gasteiger partial charge in [0.2, 0.25) is 5.91 Å². The number of hydrogen-bond acceptors (Lipinski definition) is 2. The Morgan fingerprint density at radius 1 is 1.06 bits per heavy atom. The van der Waals surface area contributed by atoms with Gasteiger partial charge in [-0.25, -0.2) is 4.79 Å². The van der Waals surface area contributed by atoms with Crippen LogP contribution in [0, 0.1) is 0 Å². The van der Waals surface area contributed by atoms with Gasteiger partial charge in [-0.05, 0) is 12.8 Å². The lowest BCUT2D eigenvalue weighted by molar-refractivity contribution is -0.132. The summed E-state index contributed by atoms with van der Waals surface area (Å²) in [5.41, 5.74) is 0. The van der Waals surface area contributed by atoms with E-state index in [1.54, 1.807) is 4.90 Å². The standard InChI is InChI=1S/C12H21NO3/c1-3-5-9-13(10-6-4-2)11(14)7-8-12(15)16/h7-8H,3-6,9-10H2,1-2H3,(H,15,16). The highest BCUT2D eigenvalue weighted by Crippen LogP contribution is 2.00. The Bertz CT molecular complexity index is 241. The van der Waals surface area contributed by atoms with E-state index in [1.807, 2.05) is 0 Å². The van der Waals surface area contributed by atoms with E-state index in [2.05, 4.69) is 13.8 Å². The summed E-state index contributed by atoms with van der Waals surface area (Å²) in [6.45, 7) is 5.55. The zero-order valence-corrected chi connectivity index (χ0v) is 10.1. The molecule has 0 radical (unpaired) electrons. The van der Waals surface area contributed by atoms with E-state index in [4.69, 9.17) is 5.11 Å². The number of amides is 1. The lowest BCUT2D eigenvalue weighted by Gasteiger charge is -2.20. The van der Waals surface area contributed by atoms with Gasteiger partial charge < -0.3 is 10.0 Å². The number of nitrogens with zero attached hydrogens (tertiary/aromatic N) is 1. The molecule has 0 saturated heterocycles. The van der Waals surface area contributed by atoms with Crippen LogP contribution in [0.5, 0.6) is 0 Å². The van der Waals surface area contributed by atoms with Crippen LogP contribution in [0.2, 0.25) is 0 Å². The molecule has 1 N–H and O–H groups in total. The predicted octanol–water partition coefficient (Wildman–Crippen LogP) is 2.06. The number of carboxylic acid groups (broad SMARTS) is 1. The van der Waals surface area contributed by atoms with Crippen molar-refractivity contribution in [3.8, 4) is 0 Å². The maximum atomic E-state index is 11.6. The average Bonchev–Trinajstić information content (AvgIpc) is 2.26. The van der Waals surface area contributed by atoms with Crippen molar-refractivity contribution in [3.05, 3.63) is 12.2 Å². The number of carbonyl (C=O) groups excluding carboxylic acids is 1. The first-order valence-corrected chi connectivity index (χ1v) is 5.81. The first kappa shape index (κ1) is 14.7. The molecule has 0 aliphatic heterocycles. The molecule has 0 aromatic rings. The number of unbranched alkanes of at least 4 members (excludes halogenated alkanes) is 2. The van der Waals surface area contributed by atoms with Gasteiger partial charge in [0.25, 0.3) is 0 Å². The van der Waals surface area contributed by atoms with E-state index in [0.29, 0.717) is 13.1 Å². The van der Waals surface area contributed by atoms with E-state index in [0.717, 1.165) is 37.8 Å². The minimum absolute atomic E-state index is 0.204. The second-order valence-corrected chi connectivity index (χ2v) is 3.70. The fourth-order valence-corrected chi connectivity index (χ4v) is 1.28. The number of rotatable bonds is 8. The van der Waals surface area contributed by atoms with Gasteiger partial charge in [-0.1, -0.05) is 26.7 Å². The number of hydrogen-bond donors (Lipinski definition) is 1. The van der Waals surface area contributed by atoms with Crippen molar-refractivity contribution in [3.63, 3.8) is 0 Å². The summed E-state index contributed by atoms with van der Waals surface area (Å²) in [6.07, 6.45) is 5.99. The van der Waals surface area contributed by atoms with Crippen molar-refractivity contribution >= 4 is 11.9 Å². The summed E-state index contributed by atoms with van der Waals surface area (Å²) in [6, 6.07) is 0. The fraction of sp³-hybridized carbons (Fsp3) is 0.667. The molecule has 0 saturated carbocycles. The summed E-state index contributed by atoms with van der Waals surface area (Å²) in [7, 11) is 0. The van der Waals surface area contributed by atoms with Gasteiger partial charge in [0.1, 0.15) is 0 Å². The molecule has 0 unspecified atom stereocenters. The second-order valence-electron chi connectivity index (χ2n) is 3.70. The Balaban J connectivity index is 4.24. The van der Waals surface area contributed by atoms with Crippen LogP contribution in [-0.2, 0) is 9.59 Å². The molecular formula is C12H21NO3. The molecular weight excluding hydrogens is 206 g/mol. The third-order valence-corrected chi connectivity index (χ3v) is 2.24. The number of carbonyl (C=O) groups is 2. The molecule has 4 heteroatoms. The summed E-state index contributed by atoms with van der Waals surface area (Å²) >= 11 is 0. The number of aliphatic carboxylic acids is 1. The van der Waals surface area contributed by atoms with Gasteiger partial charge in [-0.3, -0.25) is 4.79 Å². The lowest BCUT2D eigenvalue weighted by Crippen LogP contribution is -2.31. The Morgan fingerprint density at radius 3 is 1.94 bits per heavy atom. The first-order valence-electron chi connectivity index (χ1n) is 5.81. The second kappa shape index (κ2) is 8.95. The van der Waals surface area contributed by atoms with Gasteiger partial charge in [0, 0.05) is 25.2 Å². The molecule has 0 spiro atoms. The molecule has 0 atom stereocenters. The maximum Gasteiger partial charge on any atom is 0.328 e. The van der Waals surface area contributed by atoms with Crippen LogP contribution >= 0.6 is 0 Å². The van der Waals surface area contributed by atoms with Crippen LogP contribution in [0.3, 0.4) is 0 Å². The van der Waals surface area contributed by atoms with Crippen LogP contribution in [-0.4, -0.2) is 35.0 Å². The Morgan fingerprint density at radius 2 is 1.56 bits per heavy atom.